The molecule has 3 aromatic rings. The number of piperidine rings is 1. The first kappa shape index (κ1) is 17.8. The Labute approximate surface area is 163 Å². The number of ether oxygens (including phenoxy) is 1. The van der Waals surface area contributed by atoms with Gasteiger partial charge in [0.2, 0.25) is 0 Å². The lowest BCUT2D eigenvalue weighted by molar-refractivity contribution is 0.0715. The van der Waals surface area contributed by atoms with Gasteiger partial charge in [-0.05, 0) is 62.2 Å². The fraction of sp³-hybridized carbons (Fsp3) is 0.333. The molecule has 4 rings (SSSR count). The maximum atomic E-state index is 13.0. The molecule has 0 unspecified atom stereocenters. The van der Waals surface area contributed by atoms with Gasteiger partial charge in [0.05, 0.1) is 22.3 Å². The third kappa shape index (κ3) is 3.90. The largest absolute Gasteiger partial charge is 0.497 e. The number of rotatable bonds is 4. The molecule has 1 atom stereocenters. The average Bonchev–Trinajstić information content (AvgIpc) is 3.07. The van der Waals surface area contributed by atoms with E-state index in [-0.39, 0.29) is 11.9 Å². The van der Waals surface area contributed by atoms with Gasteiger partial charge in [0, 0.05) is 30.4 Å². The zero-order valence-electron chi connectivity index (χ0n) is 15.6. The molecule has 1 fully saturated rings. The van der Waals surface area contributed by atoms with Crippen molar-refractivity contribution in [2.75, 3.05) is 25.5 Å². The molecule has 0 aliphatic carbocycles. The summed E-state index contributed by atoms with van der Waals surface area (Å²) in [5, 5.41) is 4.57. The Kier molecular flexibility index (Phi) is 4.99. The first-order valence-electron chi connectivity index (χ1n) is 9.19. The number of carbonyl (C=O) groups excluding carboxylic acids is 1. The molecule has 27 heavy (non-hydrogen) atoms. The van der Waals surface area contributed by atoms with Crippen LogP contribution in [0.15, 0.2) is 42.5 Å². The monoisotopic (exact) mass is 381 g/mol. The SMILES string of the molecule is COc1ccc(N[C@H]2CCCN(C(=O)c3ccc4sc(C)nc4c3)C2)cc1. The van der Waals surface area contributed by atoms with Crippen molar-refractivity contribution in [3.05, 3.63) is 53.0 Å². The minimum atomic E-state index is 0.0868. The average molecular weight is 382 g/mol. The van der Waals surface area contributed by atoms with Crippen molar-refractivity contribution < 1.29 is 9.53 Å². The maximum absolute atomic E-state index is 13.0. The normalized spacial score (nSPS) is 17.1. The minimum Gasteiger partial charge on any atom is -0.497 e. The van der Waals surface area contributed by atoms with Crippen molar-refractivity contribution in [1.82, 2.24) is 9.88 Å². The standard InChI is InChI=1S/C21H23N3O2S/c1-14-22-19-12-15(5-10-20(19)27-14)21(25)24-11-3-4-17(13-24)23-16-6-8-18(26-2)9-7-16/h5-10,12,17,23H,3-4,11,13H2,1-2H3/t17-/m0/s1. The second-order valence-corrected chi connectivity index (χ2v) is 8.11. The molecule has 0 radical (unpaired) electrons. The highest BCUT2D eigenvalue weighted by Crippen LogP contribution is 2.24. The molecule has 2 heterocycles. The number of fused-ring (bicyclic) bond motifs is 1. The Morgan fingerprint density at radius 1 is 1.26 bits per heavy atom. The van der Waals surface area contributed by atoms with Gasteiger partial charge in [-0.2, -0.15) is 0 Å². The van der Waals surface area contributed by atoms with Crippen molar-refractivity contribution in [2.45, 2.75) is 25.8 Å². The molecule has 140 valence electrons. The maximum Gasteiger partial charge on any atom is 0.254 e. The summed E-state index contributed by atoms with van der Waals surface area (Å²) in [6.45, 7) is 3.50. The number of hydrogen-bond donors (Lipinski definition) is 1. The molecule has 2 aromatic carbocycles. The third-order valence-corrected chi connectivity index (χ3v) is 5.86. The summed E-state index contributed by atoms with van der Waals surface area (Å²) in [6, 6.07) is 14.0. The quantitative estimate of drug-likeness (QED) is 0.731. The molecule has 0 saturated carbocycles. The van der Waals surface area contributed by atoms with Crippen molar-refractivity contribution in [3.63, 3.8) is 0 Å². The number of carbonyl (C=O) groups is 1. The Morgan fingerprint density at radius 3 is 2.85 bits per heavy atom. The highest BCUT2D eigenvalue weighted by Gasteiger charge is 2.24. The van der Waals surface area contributed by atoms with Crippen LogP contribution in [0.1, 0.15) is 28.2 Å². The number of nitrogens with zero attached hydrogens (tertiary/aromatic N) is 2. The summed E-state index contributed by atoms with van der Waals surface area (Å²) in [5.74, 6) is 0.928. The Balaban J connectivity index is 1.45. The van der Waals surface area contributed by atoms with Crippen LogP contribution in [-0.2, 0) is 0 Å². The summed E-state index contributed by atoms with van der Waals surface area (Å²) in [6.07, 6.45) is 2.05. The molecule has 0 spiro atoms. The molecular weight excluding hydrogens is 358 g/mol. The summed E-state index contributed by atoms with van der Waals surface area (Å²) >= 11 is 1.66. The van der Waals surface area contributed by atoms with Crippen LogP contribution in [-0.4, -0.2) is 42.0 Å². The Hall–Kier alpha value is -2.60. The van der Waals surface area contributed by atoms with Gasteiger partial charge in [-0.15, -0.1) is 11.3 Å². The fourth-order valence-corrected chi connectivity index (χ4v) is 4.37. The second kappa shape index (κ2) is 7.56. The fourth-order valence-electron chi connectivity index (χ4n) is 3.56. The predicted octanol–water partition coefficient (Wildman–Crippen LogP) is 4.33. The summed E-state index contributed by atoms with van der Waals surface area (Å²) < 4.78 is 6.33. The van der Waals surface area contributed by atoms with Crippen molar-refractivity contribution in [1.29, 1.82) is 0 Å². The first-order valence-corrected chi connectivity index (χ1v) is 10.0. The van der Waals surface area contributed by atoms with Crippen LogP contribution in [0, 0.1) is 6.92 Å². The van der Waals surface area contributed by atoms with Crippen LogP contribution in [0.25, 0.3) is 10.2 Å². The summed E-state index contributed by atoms with van der Waals surface area (Å²) in [5.41, 5.74) is 2.68. The van der Waals surface area contributed by atoms with Crippen molar-refractivity contribution in [2.24, 2.45) is 0 Å². The van der Waals surface area contributed by atoms with Gasteiger partial charge in [0.15, 0.2) is 0 Å². The molecule has 1 aromatic heterocycles. The number of anilines is 1. The predicted molar refractivity (Wildman–Crippen MR) is 110 cm³/mol. The lowest BCUT2D eigenvalue weighted by Crippen LogP contribution is -2.45. The van der Waals surface area contributed by atoms with E-state index in [2.05, 4.69) is 10.3 Å². The summed E-state index contributed by atoms with van der Waals surface area (Å²) in [7, 11) is 1.66. The molecule has 1 aliphatic heterocycles. The molecular formula is C21H23N3O2S. The van der Waals surface area contributed by atoms with Gasteiger partial charge >= 0.3 is 0 Å². The number of amides is 1. The van der Waals surface area contributed by atoms with Gasteiger partial charge in [-0.25, -0.2) is 4.98 Å². The van der Waals surface area contributed by atoms with Crippen LogP contribution in [0.2, 0.25) is 0 Å². The highest BCUT2D eigenvalue weighted by molar-refractivity contribution is 7.18. The number of methoxy groups -OCH3 is 1. The first-order chi connectivity index (χ1) is 13.1. The topological polar surface area (TPSA) is 54.5 Å². The number of likely N-dealkylation sites (tertiary alicyclic amines) is 1. The zero-order valence-corrected chi connectivity index (χ0v) is 16.4. The van der Waals surface area contributed by atoms with E-state index in [0.717, 1.165) is 51.6 Å². The molecule has 6 heteroatoms. The molecule has 1 amide bonds. The van der Waals surface area contributed by atoms with Gasteiger partial charge in [-0.3, -0.25) is 4.79 Å². The lowest BCUT2D eigenvalue weighted by Gasteiger charge is -2.33. The number of nitrogens with one attached hydrogen (secondary N) is 1. The Morgan fingerprint density at radius 2 is 2.07 bits per heavy atom. The van der Waals surface area contributed by atoms with Crippen LogP contribution < -0.4 is 10.1 Å². The van der Waals surface area contributed by atoms with E-state index < -0.39 is 0 Å². The third-order valence-electron chi connectivity index (χ3n) is 4.91. The Bertz CT molecular complexity index is 952. The molecule has 0 bridgehead atoms. The smallest absolute Gasteiger partial charge is 0.254 e. The van der Waals surface area contributed by atoms with Crippen LogP contribution in [0.3, 0.4) is 0 Å². The minimum absolute atomic E-state index is 0.0868. The van der Waals surface area contributed by atoms with Crippen LogP contribution in [0.4, 0.5) is 5.69 Å². The zero-order chi connectivity index (χ0) is 18.8. The van der Waals surface area contributed by atoms with E-state index in [1.165, 1.54) is 0 Å². The van der Waals surface area contributed by atoms with Gasteiger partial charge < -0.3 is 15.0 Å². The van der Waals surface area contributed by atoms with Gasteiger partial charge in [0.25, 0.3) is 5.91 Å². The van der Waals surface area contributed by atoms with E-state index in [1.54, 1.807) is 18.4 Å². The van der Waals surface area contributed by atoms with Gasteiger partial charge in [0.1, 0.15) is 5.75 Å². The lowest BCUT2D eigenvalue weighted by atomic mass is 10.0. The molecule has 1 saturated heterocycles. The number of benzene rings is 2. The van der Waals surface area contributed by atoms with Crippen molar-refractivity contribution >= 4 is 33.1 Å². The van der Waals surface area contributed by atoms with Crippen LogP contribution in [0.5, 0.6) is 5.75 Å². The molecule has 5 nitrogen and oxygen atoms in total. The van der Waals surface area contributed by atoms with E-state index >= 15 is 0 Å². The number of aromatic nitrogens is 1. The van der Waals surface area contributed by atoms with E-state index in [0.29, 0.717) is 6.54 Å². The van der Waals surface area contributed by atoms with Crippen molar-refractivity contribution in [3.8, 4) is 5.75 Å². The second-order valence-electron chi connectivity index (χ2n) is 6.88. The van der Waals surface area contributed by atoms with E-state index in [4.69, 9.17) is 4.74 Å². The number of aryl methyl sites for hydroxylation is 1. The number of hydrogen-bond acceptors (Lipinski definition) is 5. The van der Waals surface area contributed by atoms with Crippen LogP contribution >= 0.6 is 11.3 Å². The summed E-state index contributed by atoms with van der Waals surface area (Å²) in [4.78, 5) is 19.4. The van der Waals surface area contributed by atoms with E-state index in [9.17, 15) is 4.79 Å². The molecule has 1 N–H and O–H groups in total. The molecule has 1 aliphatic rings. The van der Waals surface area contributed by atoms with Gasteiger partial charge in [-0.1, -0.05) is 0 Å². The highest BCUT2D eigenvalue weighted by atomic mass is 32.1. The van der Waals surface area contributed by atoms with E-state index in [1.807, 2.05) is 54.3 Å². The number of thiazole rings is 1.